The van der Waals surface area contributed by atoms with Crippen LogP contribution >= 0.6 is 0 Å². The summed E-state index contributed by atoms with van der Waals surface area (Å²) in [4.78, 5) is 27.9. The molecule has 0 spiro atoms. The van der Waals surface area contributed by atoms with Crippen molar-refractivity contribution < 1.29 is 9.90 Å². The normalized spacial score (nSPS) is 10.6. The Morgan fingerprint density at radius 2 is 1.88 bits per heavy atom. The van der Waals surface area contributed by atoms with E-state index in [0.29, 0.717) is 12.1 Å². The van der Waals surface area contributed by atoms with E-state index in [-0.39, 0.29) is 12.0 Å². The summed E-state index contributed by atoms with van der Waals surface area (Å²) in [5.74, 6) is 0. The van der Waals surface area contributed by atoms with Crippen LogP contribution in [0.15, 0.2) is 59.9 Å². The van der Waals surface area contributed by atoms with Crippen LogP contribution < -0.4 is 5.56 Å². The summed E-state index contributed by atoms with van der Waals surface area (Å²) in [5.41, 5.74) is 2.52. The van der Waals surface area contributed by atoms with Crippen molar-refractivity contribution >= 4 is 28.4 Å². The number of aryl methyl sites for hydroxylation is 2. The molecule has 0 fully saturated rings. The number of nitrogens with one attached hydrogen (secondary N) is 1. The van der Waals surface area contributed by atoms with E-state index in [9.17, 15) is 4.79 Å². The maximum absolute atomic E-state index is 12.3. The molecule has 128 valence electrons. The third-order valence-electron chi connectivity index (χ3n) is 4.01. The van der Waals surface area contributed by atoms with Gasteiger partial charge in [0.25, 0.3) is 12.0 Å². The van der Waals surface area contributed by atoms with Crippen molar-refractivity contribution in [2.45, 2.75) is 19.5 Å². The first-order valence-corrected chi connectivity index (χ1v) is 7.89. The molecule has 7 nitrogen and oxygen atoms in total. The van der Waals surface area contributed by atoms with Crippen molar-refractivity contribution in [2.75, 3.05) is 0 Å². The number of rotatable bonds is 4. The first-order chi connectivity index (χ1) is 12.2. The average Bonchev–Trinajstić information content (AvgIpc) is 3.25. The molecule has 0 aliphatic heterocycles. The molecule has 2 N–H and O–H groups in total. The fraction of sp³-hybridized carbons (Fsp3) is 0.167. The molecule has 0 aliphatic carbocycles. The average molecular weight is 338 g/mol. The maximum atomic E-state index is 12.3. The van der Waals surface area contributed by atoms with E-state index in [1.54, 1.807) is 17.1 Å². The van der Waals surface area contributed by atoms with E-state index in [1.807, 2.05) is 18.2 Å². The van der Waals surface area contributed by atoms with E-state index in [1.165, 1.54) is 10.9 Å². The standard InChI is InChI=1S/C17H16N4O.CH2O2/c22-17-16-14(6-8-18-16)19-12-21(17)10-3-9-20-11-7-13-4-1-2-5-15(13)20;2-1-3/h1-2,4-8,11-12,18H,3,9-10H2;1H,(H,2,3). The highest BCUT2D eigenvalue weighted by Gasteiger charge is 2.05. The van der Waals surface area contributed by atoms with Gasteiger partial charge in [-0.05, 0) is 30.0 Å². The molecule has 0 saturated carbocycles. The largest absolute Gasteiger partial charge is 0.483 e. The first kappa shape index (κ1) is 16.5. The van der Waals surface area contributed by atoms with Gasteiger partial charge in [-0.15, -0.1) is 0 Å². The van der Waals surface area contributed by atoms with Gasteiger partial charge >= 0.3 is 0 Å². The molecule has 7 heteroatoms. The second-order valence-corrected chi connectivity index (χ2v) is 5.51. The Kier molecular flexibility index (Phi) is 4.94. The third kappa shape index (κ3) is 3.45. The van der Waals surface area contributed by atoms with Crippen LogP contribution in [0.3, 0.4) is 0 Å². The molecule has 4 aromatic rings. The van der Waals surface area contributed by atoms with Gasteiger partial charge in [0.1, 0.15) is 5.52 Å². The Bertz CT molecular complexity index is 1050. The zero-order valence-corrected chi connectivity index (χ0v) is 13.5. The molecule has 0 atom stereocenters. The number of aromatic amines is 1. The van der Waals surface area contributed by atoms with Crippen LogP contribution in [-0.4, -0.2) is 30.7 Å². The van der Waals surface area contributed by atoms with Gasteiger partial charge < -0.3 is 14.7 Å². The minimum atomic E-state index is -0.250. The van der Waals surface area contributed by atoms with Gasteiger partial charge in [0.2, 0.25) is 0 Å². The quantitative estimate of drug-likeness (QED) is 0.559. The third-order valence-corrected chi connectivity index (χ3v) is 4.01. The smallest absolute Gasteiger partial charge is 0.290 e. The Balaban J connectivity index is 0.000000569. The van der Waals surface area contributed by atoms with Gasteiger partial charge in [0, 0.05) is 31.0 Å². The van der Waals surface area contributed by atoms with Crippen molar-refractivity contribution in [3.63, 3.8) is 0 Å². The van der Waals surface area contributed by atoms with E-state index in [0.717, 1.165) is 18.5 Å². The molecule has 0 saturated heterocycles. The second kappa shape index (κ2) is 7.48. The molecule has 4 rings (SSSR count). The molecular formula is C18H18N4O3. The van der Waals surface area contributed by atoms with Crippen LogP contribution in [0.4, 0.5) is 0 Å². The maximum Gasteiger partial charge on any atom is 0.290 e. The lowest BCUT2D eigenvalue weighted by Crippen LogP contribution is -2.21. The van der Waals surface area contributed by atoms with Gasteiger partial charge in [-0.1, -0.05) is 18.2 Å². The van der Waals surface area contributed by atoms with Crippen LogP contribution in [0, 0.1) is 0 Å². The highest BCUT2D eigenvalue weighted by Crippen LogP contribution is 2.15. The summed E-state index contributed by atoms with van der Waals surface area (Å²) >= 11 is 0. The van der Waals surface area contributed by atoms with E-state index in [4.69, 9.17) is 9.90 Å². The zero-order valence-electron chi connectivity index (χ0n) is 13.5. The van der Waals surface area contributed by atoms with Gasteiger partial charge in [0.15, 0.2) is 0 Å². The van der Waals surface area contributed by atoms with E-state index in [2.05, 4.69) is 38.9 Å². The number of H-pyrrole nitrogens is 1. The summed E-state index contributed by atoms with van der Waals surface area (Å²) in [7, 11) is 0. The first-order valence-electron chi connectivity index (χ1n) is 7.89. The Labute approximate surface area is 143 Å². The van der Waals surface area contributed by atoms with E-state index >= 15 is 0 Å². The SMILES string of the molecule is O=CO.O=c1c2[nH]ccc2ncn1CCCn1ccc2ccccc21. The van der Waals surface area contributed by atoms with Gasteiger partial charge in [-0.3, -0.25) is 14.2 Å². The topological polar surface area (TPSA) is 92.9 Å². The van der Waals surface area contributed by atoms with Gasteiger partial charge in [-0.25, -0.2) is 4.98 Å². The molecular weight excluding hydrogens is 320 g/mol. The highest BCUT2D eigenvalue weighted by atomic mass is 16.3. The lowest BCUT2D eigenvalue weighted by molar-refractivity contribution is -0.122. The predicted molar refractivity (Wildman–Crippen MR) is 95.6 cm³/mol. The number of para-hydroxylation sites is 1. The molecule has 0 unspecified atom stereocenters. The lowest BCUT2D eigenvalue weighted by atomic mass is 10.2. The van der Waals surface area contributed by atoms with Crippen molar-refractivity contribution in [1.82, 2.24) is 19.1 Å². The number of carboxylic acid groups (broad SMARTS) is 1. The number of hydrogen-bond donors (Lipinski definition) is 2. The Morgan fingerprint density at radius 1 is 1.12 bits per heavy atom. The minimum Gasteiger partial charge on any atom is -0.483 e. The summed E-state index contributed by atoms with van der Waals surface area (Å²) in [6.07, 6.45) is 6.36. The minimum absolute atomic E-state index is 0.00707. The summed E-state index contributed by atoms with van der Waals surface area (Å²) in [5, 5.41) is 8.13. The number of nitrogens with zero attached hydrogens (tertiary/aromatic N) is 3. The van der Waals surface area contributed by atoms with Crippen LogP contribution in [0.5, 0.6) is 0 Å². The fourth-order valence-corrected chi connectivity index (χ4v) is 2.87. The van der Waals surface area contributed by atoms with Crippen molar-refractivity contribution in [3.8, 4) is 0 Å². The van der Waals surface area contributed by atoms with Crippen LogP contribution in [0.1, 0.15) is 6.42 Å². The number of benzene rings is 1. The predicted octanol–water partition coefficient (Wildman–Crippen LogP) is 2.47. The van der Waals surface area contributed by atoms with Gasteiger partial charge in [0.05, 0.1) is 11.8 Å². The van der Waals surface area contributed by atoms with Gasteiger partial charge in [-0.2, -0.15) is 0 Å². The molecule has 3 aromatic heterocycles. The molecule has 0 bridgehead atoms. The number of fused-ring (bicyclic) bond motifs is 2. The summed E-state index contributed by atoms with van der Waals surface area (Å²) in [6.45, 7) is 1.29. The second-order valence-electron chi connectivity index (χ2n) is 5.51. The van der Waals surface area contributed by atoms with Crippen LogP contribution in [0.2, 0.25) is 0 Å². The number of aromatic nitrogens is 4. The van der Waals surface area contributed by atoms with Crippen molar-refractivity contribution in [2.24, 2.45) is 0 Å². The Morgan fingerprint density at radius 3 is 2.72 bits per heavy atom. The number of hydrogen-bond acceptors (Lipinski definition) is 3. The zero-order chi connectivity index (χ0) is 17.6. The lowest BCUT2D eigenvalue weighted by Gasteiger charge is -2.07. The van der Waals surface area contributed by atoms with Crippen molar-refractivity contribution in [3.05, 3.63) is 65.5 Å². The van der Waals surface area contributed by atoms with Crippen LogP contribution in [-0.2, 0) is 17.9 Å². The summed E-state index contributed by atoms with van der Waals surface area (Å²) < 4.78 is 3.89. The molecule has 0 radical (unpaired) electrons. The van der Waals surface area contributed by atoms with Crippen LogP contribution in [0.25, 0.3) is 21.9 Å². The monoisotopic (exact) mass is 338 g/mol. The highest BCUT2D eigenvalue weighted by molar-refractivity contribution is 5.79. The van der Waals surface area contributed by atoms with Crippen molar-refractivity contribution in [1.29, 1.82) is 0 Å². The number of carbonyl (C=O) groups is 1. The van der Waals surface area contributed by atoms with E-state index < -0.39 is 0 Å². The molecule has 0 aliphatic rings. The molecule has 1 aromatic carbocycles. The molecule has 25 heavy (non-hydrogen) atoms. The Hall–Kier alpha value is -3.35. The fourth-order valence-electron chi connectivity index (χ4n) is 2.87. The summed E-state index contributed by atoms with van der Waals surface area (Å²) in [6, 6.07) is 12.3. The molecule has 0 amide bonds. The molecule has 3 heterocycles.